The first-order chi connectivity index (χ1) is 20.5. The molecule has 4 heterocycles. The molecule has 216 valence electrons. The molecule has 0 atom stereocenters. The molecule has 0 aliphatic carbocycles. The molecule has 2 N–H and O–H groups in total. The van der Waals surface area contributed by atoms with Crippen LogP contribution in [0.4, 0.5) is 0 Å². The lowest BCUT2D eigenvalue weighted by atomic mass is 9.89. The first-order valence-electron chi connectivity index (χ1n) is 14.8. The maximum absolute atomic E-state index is 13.1. The van der Waals surface area contributed by atoms with E-state index in [4.69, 9.17) is 9.68 Å². The maximum Gasteiger partial charge on any atom is 0.287 e. The number of amides is 1. The van der Waals surface area contributed by atoms with Crippen LogP contribution >= 0.6 is 0 Å². The van der Waals surface area contributed by atoms with Crippen LogP contribution in [-0.2, 0) is 24.3 Å². The fraction of sp³-hybridized carbons (Fsp3) is 0.394. The fourth-order valence-electron chi connectivity index (χ4n) is 6.12. The van der Waals surface area contributed by atoms with Crippen molar-refractivity contribution in [1.82, 2.24) is 25.3 Å². The van der Waals surface area contributed by atoms with Gasteiger partial charge in [0, 0.05) is 61.8 Å². The van der Waals surface area contributed by atoms with E-state index in [1.54, 1.807) is 12.3 Å². The molecule has 2 aromatic heterocycles. The summed E-state index contributed by atoms with van der Waals surface area (Å²) < 4.78 is 5.88. The molecule has 0 saturated carbocycles. The fourth-order valence-corrected chi connectivity index (χ4v) is 6.12. The van der Waals surface area contributed by atoms with E-state index in [2.05, 4.69) is 31.4 Å². The van der Waals surface area contributed by atoms with Crippen molar-refractivity contribution >= 4 is 22.7 Å². The minimum absolute atomic E-state index is 0.0833. The van der Waals surface area contributed by atoms with Gasteiger partial charge >= 0.3 is 0 Å². The van der Waals surface area contributed by atoms with Crippen molar-refractivity contribution in [3.63, 3.8) is 0 Å². The Bertz CT molecular complexity index is 1550. The zero-order chi connectivity index (χ0) is 28.9. The van der Waals surface area contributed by atoms with Crippen LogP contribution in [0, 0.1) is 17.2 Å². The Labute approximate surface area is 245 Å². The molecule has 4 aromatic rings. The van der Waals surface area contributed by atoms with Crippen LogP contribution in [0.25, 0.3) is 11.0 Å². The number of hydrogen-bond acceptors (Lipinski definition) is 7. The largest absolute Gasteiger partial charge is 0.451 e. The molecule has 2 aromatic carbocycles. The summed E-state index contributed by atoms with van der Waals surface area (Å²) in [5.74, 6) is 0.469. The standard InChI is InChI=1S/C33H36N6O3/c34-20-23-1-3-24(4-2-23)21-38-15-10-28(11-16-38)36-33(41)32-19-27-17-25(5-6-31(27)42-32)18-30(40)26-8-13-39(14-9-26)22-29-7-12-35-37-29/h1-7,12,17,19,26,28H,8-11,13-16,18,21-22H2,(H,35,37)(H,36,41). The number of fused-ring (bicyclic) bond motifs is 1. The molecule has 9 nitrogen and oxygen atoms in total. The first kappa shape index (κ1) is 27.9. The Hall–Kier alpha value is -4.26. The van der Waals surface area contributed by atoms with Gasteiger partial charge in [0.05, 0.1) is 11.6 Å². The number of aromatic nitrogens is 2. The Morgan fingerprint density at radius 2 is 1.64 bits per heavy atom. The van der Waals surface area contributed by atoms with Gasteiger partial charge in [0.1, 0.15) is 11.4 Å². The molecule has 2 saturated heterocycles. The summed E-state index contributed by atoms with van der Waals surface area (Å²) in [7, 11) is 0. The van der Waals surface area contributed by atoms with E-state index in [1.165, 1.54) is 5.56 Å². The minimum Gasteiger partial charge on any atom is -0.451 e. The number of aromatic amines is 1. The van der Waals surface area contributed by atoms with Crippen LogP contribution in [0.3, 0.4) is 0 Å². The highest BCUT2D eigenvalue weighted by atomic mass is 16.3. The number of H-pyrrole nitrogens is 1. The van der Waals surface area contributed by atoms with E-state index in [9.17, 15) is 9.59 Å². The number of nitrogens with one attached hydrogen (secondary N) is 2. The number of carbonyl (C=O) groups excluding carboxylic acids is 2. The normalized spacial score (nSPS) is 17.3. The van der Waals surface area contributed by atoms with Crippen molar-refractivity contribution in [3.05, 3.63) is 88.9 Å². The molecule has 6 rings (SSSR count). The summed E-state index contributed by atoms with van der Waals surface area (Å²) in [5.41, 5.74) is 4.56. The topological polar surface area (TPSA) is 118 Å². The van der Waals surface area contributed by atoms with E-state index in [1.807, 2.05) is 48.5 Å². The van der Waals surface area contributed by atoms with Gasteiger partial charge in [-0.2, -0.15) is 10.4 Å². The summed E-state index contributed by atoms with van der Waals surface area (Å²) in [6.45, 7) is 5.28. The molecule has 1 amide bonds. The number of nitrogens with zero attached hydrogens (tertiary/aromatic N) is 4. The van der Waals surface area contributed by atoms with Crippen molar-refractivity contribution in [3.8, 4) is 6.07 Å². The number of ketones is 1. The molecule has 42 heavy (non-hydrogen) atoms. The highest BCUT2D eigenvalue weighted by Gasteiger charge is 2.26. The zero-order valence-electron chi connectivity index (χ0n) is 23.7. The predicted molar refractivity (Wildman–Crippen MR) is 158 cm³/mol. The highest BCUT2D eigenvalue weighted by Crippen LogP contribution is 2.25. The van der Waals surface area contributed by atoms with E-state index >= 15 is 0 Å². The average molecular weight is 565 g/mol. The van der Waals surface area contributed by atoms with Gasteiger partial charge in [-0.25, -0.2) is 0 Å². The lowest BCUT2D eigenvalue weighted by molar-refractivity contribution is -0.123. The van der Waals surface area contributed by atoms with Crippen molar-refractivity contribution in [2.75, 3.05) is 26.2 Å². The Morgan fingerprint density at radius 3 is 2.36 bits per heavy atom. The van der Waals surface area contributed by atoms with Gasteiger partial charge in [-0.15, -0.1) is 0 Å². The minimum atomic E-state index is -0.198. The second kappa shape index (κ2) is 12.7. The summed E-state index contributed by atoms with van der Waals surface area (Å²) in [6, 6.07) is 19.5. The van der Waals surface area contributed by atoms with Gasteiger partial charge in [-0.3, -0.25) is 24.5 Å². The summed E-state index contributed by atoms with van der Waals surface area (Å²) >= 11 is 0. The molecule has 0 radical (unpaired) electrons. The number of benzene rings is 2. The third-order valence-corrected chi connectivity index (χ3v) is 8.59. The Balaban J connectivity index is 0.975. The van der Waals surface area contributed by atoms with Crippen LogP contribution in [0.5, 0.6) is 0 Å². The van der Waals surface area contributed by atoms with Crippen molar-refractivity contribution in [2.45, 2.75) is 51.2 Å². The summed E-state index contributed by atoms with van der Waals surface area (Å²) in [4.78, 5) is 30.8. The number of likely N-dealkylation sites (tertiary alicyclic amines) is 2. The number of Topliss-reactive ketones (excluding diaryl/α,β-unsaturated/α-hetero) is 1. The van der Waals surface area contributed by atoms with Crippen molar-refractivity contribution in [2.24, 2.45) is 5.92 Å². The van der Waals surface area contributed by atoms with Gasteiger partial charge in [-0.05, 0) is 86.3 Å². The Morgan fingerprint density at radius 1 is 0.929 bits per heavy atom. The van der Waals surface area contributed by atoms with E-state index in [-0.39, 0.29) is 23.7 Å². The first-order valence-corrected chi connectivity index (χ1v) is 14.8. The predicted octanol–water partition coefficient (Wildman–Crippen LogP) is 4.45. The van der Waals surface area contributed by atoms with Gasteiger partial charge < -0.3 is 9.73 Å². The summed E-state index contributed by atoms with van der Waals surface area (Å²) in [6.07, 6.45) is 5.66. The third-order valence-electron chi connectivity index (χ3n) is 8.59. The number of furan rings is 1. The number of hydrogen-bond donors (Lipinski definition) is 2. The molecule has 2 fully saturated rings. The Kier molecular flexibility index (Phi) is 8.45. The van der Waals surface area contributed by atoms with Crippen LogP contribution < -0.4 is 5.32 Å². The van der Waals surface area contributed by atoms with Crippen LogP contribution in [0.2, 0.25) is 0 Å². The van der Waals surface area contributed by atoms with E-state index in [0.29, 0.717) is 23.3 Å². The molecule has 2 aliphatic rings. The number of carbonyl (C=O) groups is 2. The van der Waals surface area contributed by atoms with Gasteiger partial charge in [0.2, 0.25) is 0 Å². The maximum atomic E-state index is 13.1. The van der Waals surface area contributed by atoms with Crippen LogP contribution in [-0.4, -0.2) is 63.9 Å². The van der Waals surface area contributed by atoms with E-state index in [0.717, 1.165) is 81.6 Å². The number of rotatable bonds is 9. The molecule has 9 heteroatoms. The second-order valence-corrected chi connectivity index (χ2v) is 11.6. The molecule has 0 bridgehead atoms. The lowest BCUT2D eigenvalue weighted by Gasteiger charge is -2.32. The SMILES string of the molecule is N#Cc1ccc(CN2CCC(NC(=O)c3cc4cc(CC(=O)C5CCN(Cc6ccn[nH]6)CC5)ccc4o3)CC2)cc1. The van der Waals surface area contributed by atoms with Crippen LogP contribution in [0.15, 0.2) is 65.2 Å². The zero-order valence-corrected chi connectivity index (χ0v) is 23.7. The smallest absolute Gasteiger partial charge is 0.287 e. The highest BCUT2D eigenvalue weighted by molar-refractivity contribution is 5.96. The molecular weight excluding hydrogens is 528 g/mol. The van der Waals surface area contributed by atoms with Crippen LogP contribution in [0.1, 0.15) is 58.6 Å². The second-order valence-electron chi connectivity index (χ2n) is 11.6. The number of nitriles is 1. The average Bonchev–Trinajstić information content (AvgIpc) is 3.69. The van der Waals surface area contributed by atoms with Crippen molar-refractivity contribution < 1.29 is 14.0 Å². The molecular formula is C33H36N6O3. The molecule has 0 unspecified atom stereocenters. The molecule has 2 aliphatic heterocycles. The monoisotopic (exact) mass is 564 g/mol. The van der Waals surface area contributed by atoms with Gasteiger partial charge in [0.15, 0.2) is 5.76 Å². The lowest BCUT2D eigenvalue weighted by Crippen LogP contribution is -2.44. The van der Waals surface area contributed by atoms with Gasteiger partial charge in [-0.1, -0.05) is 18.2 Å². The number of piperidine rings is 2. The third kappa shape index (κ3) is 6.78. The quantitative estimate of drug-likeness (QED) is 0.308. The van der Waals surface area contributed by atoms with Gasteiger partial charge in [0.25, 0.3) is 5.91 Å². The van der Waals surface area contributed by atoms with Crippen molar-refractivity contribution in [1.29, 1.82) is 5.26 Å². The molecule has 0 spiro atoms. The van der Waals surface area contributed by atoms with E-state index < -0.39 is 0 Å². The summed E-state index contributed by atoms with van der Waals surface area (Å²) in [5, 5.41) is 20.0.